The average Bonchev–Trinajstić information content (AvgIpc) is 2.50. The fourth-order valence-electron chi connectivity index (χ4n) is 2.75. The van der Waals surface area contributed by atoms with Crippen LogP contribution in [-0.2, 0) is 6.42 Å². The van der Waals surface area contributed by atoms with Crippen molar-refractivity contribution in [2.75, 3.05) is 0 Å². The molecule has 3 aromatic carbocycles. The lowest BCUT2D eigenvalue weighted by Crippen LogP contribution is -2.06. The lowest BCUT2D eigenvalue weighted by molar-refractivity contribution is 0.0992. The van der Waals surface area contributed by atoms with Crippen molar-refractivity contribution in [2.45, 2.75) is 20.3 Å². The number of Topliss-reactive ketones (excluding diaryl/α,β-unsaturated/α-hetero) is 1. The maximum absolute atomic E-state index is 12.6. The quantitative estimate of drug-likeness (QED) is 0.622. The molecule has 0 aliphatic heterocycles. The van der Waals surface area contributed by atoms with Gasteiger partial charge < -0.3 is 0 Å². The largest absolute Gasteiger partial charge is 0.294 e. The second kappa shape index (κ2) is 5.53. The van der Waals surface area contributed by atoms with Crippen molar-refractivity contribution in [2.24, 2.45) is 0 Å². The van der Waals surface area contributed by atoms with Gasteiger partial charge >= 0.3 is 0 Å². The van der Waals surface area contributed by atoms with Crippen LogP contribution in [0.5, 0.6) is 0 Å². The second-order valence-corrected chi connectivity index (χ2v) is 5.53. The van der Waals surface area contributed by atoms with Gasteiger partial charge in [0.25, 0.3) is 0 Å². The van der Waals surface area contributed by atoms with Crippen LogP contribution in [0.3, 0.4) is 0 Å². The summed E-state index contributed by atoms with van der Waals surface area (Å²) in [5, 5.41) is 2.28. The van der Waals surface area contributed by atoms with E-state index in [9.17, 15) is 4.79 Å². The highest BCUT2D eigenvalue weighted by Crippen LogP contribution is 2.19. The highest BCUT2D eigenvalue weighted by atomic mass is 16.1. The topological polar surface area (TPSA) is 17.1 Å². The van der Waals surface area contributed by atoms with E-state index < -0.39 is 0 Å². The van der Waals surface area contributed by atoms with E-state index in [-0.39, 0.29) is 5.78 Å². The van der Waals surface area contributed by atoms with Crippen molar-refractivity contribution in [3.05, 3.63) is 82.9 Å². The van der Waals surface area contributed by atoms with Crippen LogP contribution < -0.4 is 0 Å². The summed E-state index contributed by atoms with van der Waals surface area (Å²) in [5.74, 6) is 0.179. The maximum Gasteiger partial charge on any atom is 0.167 e. The van der Waals surface area contributed by atoms with Crippen LogP contribution in [0.25, 0.3) is 10.8 Å². The van der Waals surface area contributed by atoms with Gasteiger partial charge in [0.05, 0.1) is 0 Å². The molecule has 3 rings (SSSR count). The van der Waals surface area contributed by atoms with E-state index in [4.69, 9.17) is 0 Å². The molecular weight excluding hydrogens is 256 g/mol. The van der Waals surface area contributed by atoms with E-state index in [1.807, 2.05) is 42.5 Å². The van der Waals surface area contributed by atoms with Crippen molar-refractivity contribution in [1.29, 1.82) is 0 Å². The van der Waals surface area contributed by atoms with Crippen LogP contribution >= 0.6 is 0 Å². The molecule has 0 fully saturated rings. The zero-order chi connectivity index (χ0) is 14.8. The Hall–Kier alpha value is -2.41. The Morgan fingerprint density at radius 1 is 0.810 bits per heavy atom. The zero-order valence-electron chi connectivity index (χ0n) is 12.4. The molecule has 0 atom stereocenters. The van der Waals surface area contributed by atoms with E-state index in [2.05, 4.69) is 32.0 Å². The van der Waals surface area contributed by atoms with Gasteiger partial charge in [-0.3, -0.25) is 4.79 Å². The first-order valence-electron chi connectivity index (χ1n) is 7.22. The molecule has 0 radical (unpaired) electrons. The minimum absolute atomic E-state index is 0.179. The molecule has 0 saturated carbocycles. The fourth-order valence-corrected chi connectivity index (χ4v) is 2.75. The highest BCUT2D eigenvalue weighted by Gasteiger charge is 2.11. The number of carbonyl (C=O) groups excluding carboxylic acids is 1. The Bertz CT molecular complexity index is 795. The molecular formula is C20H18O. The van der Waals surface area contributed by atoms with Gasteiger partial charge in [0.2, 0.25) is 0 Å². The Kier molecular flexibility index (Phi) is 3.57. The third kappa shape index (κ3) is 2.73. The molecule has 0 saturated heterocycles. The summed E-state index contributed by atoms with van der Waals surface area (Å²) in [6.07, 6.45) is 0.469. The van der Waals surface area contributed by atoms with Gasteiger partial charge in [-0.1, -0.05) is 54.6 Å². The van der Waals surface area contributed by atoms with Crippen molar-refractivity contribution in [3.63, 3.8) is 0 Å². The normalized spacial score (nSPS) is 10.8. The summed E-state index contributed by atoms with van der Waals surface area (Å²) in [7, 11) is 0. The van der Waals surface area contributed by atoms with Crippen LogP contribution in [0.1, 0.15) is 27.0 Å². The summed E-state index contributed by atoms with van der Waals surface area (Å²) in [6.45, 7) is 4.13. The molecule has 0 bridgehead atoms. The minimum Gasteiger partial charge on any atom is -0.294 e. The standard InChI is InChI=1S/C20H18O/c1-14-6-5-7-15(2)19(14)13-20(21)18-11-10-16-8-3-4-9-17(16)12-18/h3-12H,13H2,1-2H3. The molecule has 0 aromatic heterocycles. The molecule has 0 unspecified atom stereocenters. The summed E-state index contributed by atoms with van der Waals surface area (Å²) < 4.78 is 0. The fraction of sp³-hybridized carbons (Fsp3) is 0.150. The zero-order valence-corrected chi connectivity index (χ0v) is 12.4. The molecule has 0 spiro atoms. The molecule has 0 aliphatic carbocycles. The van der Waals surface area contributed by atoms with Crippen molar-refractivity contribution in [1.82, 2.24) is 0 Å². The second-order valence-electron chi connectivity index (χ2n) is 5.53. The van der Waals surface area contributed by atoms with Gasteiger partial charge in [-0.05, 0) is 47.4 Å². The van der Waals surface area contributed by atoms with Crippen LogP contribution in [0.2, 0.25) is 0 Å². The van der Waals surface area contributed by atoms with Crippen molar-refractivity contribution < 1.29 is 4.79 Å². The van der Waals surface area contributed by atoms with Gasteiger partial charge in [0.1, 0.15) is 0 Å². The van der Waals surface area contributed by atoms with E-state index >= 15 is 0 Å². The van der Waals surface area contributed by atoms with Crippen LogP contribution in [0, 0.1) is 13.8 Å². The van der Waals surface area contributed by atoms with Gasteiger partial charge in [-0.15, -0.1) is 0 Å². The number of aryl methyl sites for hydroxylation is 2. The van der Waals surface area contributed by atoms with Crippen LogP contribution in [0.15, 0.2) is 60.7 Å². The predicted octanol–water partition coefficient (Wildman–Crippen LogP) is 4.88. The third-order valence-electron chi connectivity index (χ3n) is 4.05. The van der Waals surface area contributed by atoms with E-state index in [0.29, 0.717) is 6.42 Å². The SMILES string of the molecule is Cc1cccc(C)c1CC(=O)c1ccc2ccccc2c1. The first-order valence-corrected chi connectivity index (χ1v) is 7.22. The molecule has 104 valence electrons. The monoisotopic (exact) mass is 274 g/mol. The van der Waals surface area contributed by atoms with Gasteiger partial charge in [0, 0.05) is 12.0 Å². The Morgan fingerprint density at radius 2 is 1.48 bits per heavy atom. The number of hydrogen-bond acceptors (Lipinski definition) is 1. The number of benzene rings is 3. The first-order chi connectivity index (χ1) is 10.1. The van der Waals surface area contributed by atoms with Crippen molar-refractivity contribution >= 4 is 16.6 Å². The smallest absolute Gasteiger partial charge is 0.167 e. The van der Waals surface area contributed by atoms with Crippen LogP contribution in [-0.4, -0.2) is 5.78 Å². The first kappa shape index (κ1) is 13.6. The summed E-state index contributed by atoms with van der Waals surface area (Å²) in [5.41, 5.74) is 4.31. The number of carbonyl (C=O) groups is 1. The third-order valence-corrected chi connectivity index (χ3v) is 4.05. The molecule has 21 heavy (non-hydrogen) atoms. The van der Waals surface area contributed by atoms with E-state index in [0.717, 1.165) is 16.5 Å². The number of hydrogen-bond donors (Lipinski definition) is 0. The Morgan fingerprint density at radius 3 is 2.19 bits per heavy atom. The predicted molar refractivity (Wildman–Crippen MR) is 87.9 cm³/mol. The summed E-state index contributed by atoms with van der Waals surface area (Å²) >= 11 is 0. The van der Waals surface area contributed by atoms with Crippen LogP contribution in [0.4, 0.5) is 0 Å². The number of rotatable bonds is 3. The summed E-state index contributed by atoms with van der Waals surface area (Å²) in [4.78, 5) is 12.6. The molecule has 0 aliphatic rings. The lowest BCUT2D eigenvalue weighted by Gasteiger charge is -2.09. The molecule has 1 heteroatoms. The summed E-state index contributed by atoms with van der Waals surface area (Å²) in [6, 6.07) is 20.2. The molecule has 0 amide bonds. The van der Waals surface area contributed by atoms with Crippen molar-refractivity contribution in [3.8, 4) is 0 Å². The Balaban J connectivity index is 1.94. The number of fused-ring (bicyclic) bond motifs is 1. The van der Waals surface area contributed by atoms with Gasteiger partial charge in [-0.25, -0.2) is 0 Å². The molecule has 0 heterocycles. The van der Waals surface area contributed by atoms with Gasteiger partial charge in [0.15, 0.2) is 5.78 Å². The highest BCUT2D eigenvalue weighted by molar-refractivity contribution is 6.01. The van der Waals surface area contributed by atoms with Gasteiger partial charge in [-0.2, -0.15) is 0 Å². The Labute approximate surface area is 125 Å². The minimum atomic E-state index is 0.179. The number of ketones is 1. The molecule has 3 aromatic rings. The lowest BCUT2D eigenvalue weighted by atomic mass is 9.95. The van der Waals surface area contributed by atoms with E-state index in [1.54, 1.807) is 0 Å². The maximum atomic E-state index is 12.6. The van der Waals surface area contributed by atoms with E-state index in [1.165, 1.54) is 16.5 Å². The average molecular weight is 274 g/mol. The molecule has 1 nitrogen and oxygen atoms in total. The molecule has 0 N–H and O–H groups in total.